The normalized spacial score (nSPS) is 22.3. The summed E-state index contributed by atoms with van der Waals surface area (Å²) in [6, 6.07) is 8.42. The fourth-order valence-electron chi connectivity index (χ4n) is 2.83. The van der Waals surface area contributed by atoms with Gasteiger partial charge in [-0.05, 0) is 12.8 Å². The molecule has 0 bridgehead atoms. The lowest BCUT2D eigenvalue weighted by Crippen LogP contribution is -2.43. The van der Waals surface area contributed by atoms with Crippen molar-refractivity contribution in [2.45, 2.75) is 37.9 Å². The Balaban J connectivity index is 1.60. The van der Waals surface area contributed by atoms with Gasteiger partial charge in [0, 0.05) is 18.4 Å². The van der Waals surface area contributed by atoms with Crippen molar-refractivity contribution in [1.29, 1.82) is 0 Å². The van der Waals surface area contributed by atoms with E-state index in [2.05, 4.69) is 0 Å². The number of ketones is 2. The Labute approximate surface area is 134 Å². The van der Waals surface area contributed by atoms with Crippen LogP contribution in [0.15, 0.2) is 30.3 Å². The summed E-state index contributed by atoms with van der Waals surface area (Å²) in [4.78, 5) is 45.7. The summed E-state index contributed by atoms with van der Waals surface area (Å²) >= 11 is 0. The second kappa shape index (κ2) is 7.31. The van der Waals surface area contributed by atoms with Gasteiger partial charge in [-0.3, -0.25) is 9.59 Å². The van der Waals surface area contributed by atoms with E-state index in [4.69, 9.17) is 19.6 Å². The lowest BCUT2D eigenvalue weighted by Gasteiger charge is -2.35. The first-order chi connectivity index (χ1) is 11.2. The highest BCUT2D eigenvalue weighted by Gasteiger charge is 2.40. The molecule has 0 aromatic heterocycles. The van der Waals surface area contributed by atoms with E-state index in [9.17, 15) is 9.59 Å². The highest BCUT2D eigenvalue weighted by atomic mass is 17.3. The number of Topliss-reactive ketones (excluding diaryl/α,β-unsaturated/α-hetero) is 2. The highest BCUT2D eigenvalue weighted by molar-refractivity contribution is 6.44. The van der Waals surface area contributed by atoms with E-state index in [1.807, 2.05) is 0 Å². The fraction of sp³-hybridized carbons (Fsp3) is 0.529. The topological polar surface area (TPSA) is 71.1 Å². The first-order valence-corrected chi connectivity index (χ1v) is 7.95. The quantitative estimate of drug-likeness (QED) is 0.484. The molecule has 1 aliphatic carbocycles. The summed E-state index contributed by atoms with van der Waals surface area (Å²) in [6.45, 7) is -0.0506. The second-order valence-electron chi connectivity index (χ2n) is 5.96. The van der Waals surface area contributed by atoms with Gasteiger partial charge in [-0.25, -0.2) is 9.78 Å². The molecule has 23 heavy (non-hydrogen) atoms. The third-order valence-corrected chi connectivity index (χ3v) is 4.21. The summed E-state index contributed by atoms with van der Waals surface area (Å²) < 4.78 is 0. The van der Waals surface area contributed by atoms with Crippen LogP contribution in [0.3, 0.4) is 0 Å². The molecule has 1 aromatic carbocycles. The molecule has 6 heteroatoms. The summed E-state index contributed by atoms with van der Waals surface area (Å²) in [5, 5.41) is 0. The van der Waals surface area contributed by atoms with Crippen molar-refractivity contribution in [3.8, 4) is 0 Å². The van der Waals surface area contributed by atoms with Gasteiger partial charge in [-0.2, -0.15) is 9.78 Å². The second-order valence-corrected chi connectivity index (χ2v) is 5.96. The molecule has 1 aliphatic heterocycles. The van der Waals surface area contributed by atoms with Crippen LogP contribution in [0.5, 0.6) is 0 Å². The Morgan fingerprint density at radius 3 is 2.13 bits per heavy atom. The third-order valence-electron chi connectivity index (χ3n) is 4.21. The molecule has 0 N–H and O–H groups in total. The molecule has 0 amide bonds. The molecule has 6 nitrogen and oxygen atoms in total. The van der Waals surface area contributed by atoms with Gasteiger partial charge in [0.05, 0.1) is 19.1 Å². The molecule has 2 fully saturated rings. The van der Waals surface area contributed by atoms with Crippen LogP contribution in [-0.2, 0) is 24.3 Å². The van der Waals surface area contributed by atoms with Crippen molar-refractivity contribution in [3.63, 3.8) is 0 Å². The molecular formula is C17H20O6. The fourth-order valence-corrected chi connectivity index (χ4v) is 2.83. The van der Waals surface area contributed by atoms with Gasteiger partial charge in [-0.1, -0.05) is 36.8 Å². The van der Waals surface area contributed by atoms with E-state index in [1.54, 1.807) is 30.3 Å². The van der Waals surface area contributed by atoms with Gasteiger partial charge in [0.2, 0.25) is 17.4 Å². The van der Waals surface area contributed by atoms with Crippen LogP contribution in [0.1, 0.15) is 42.5 Å². The number of hydrogen-bond donors (Lipinski definition) is 0. The van der Waals surface area contributed by atoms with Crippen LogP contribution < -0.4 is 0 Å². The van der Waals surface area contributed by atoms with E-state index in [1.165, 1.54) is 0 Å². The van der Waals surface area contributed by atoms with Crippen LogP contribution in [0.4, 0.5) is 0 Å². The minimum absolute atomic E-state index is 0.0253. The number of rotatable bonds is 3. The van der Waals surface area contributed by atoms with Gasteiger partial charge >= 0.3 is 0 Å². The van der Waals surface area contributed by atoms with Crippen molar-refractivity contribution in [2.24, 2.45) is 5.92 Å². The molecule has 0 atom stereocenters. The number of benzene rings is 1. The predicted molar refractivity (Wildman–Crippen MR) is 79.2 cm³/mol. The molecule has 0 unspecified atom stereocenters. The standard InChI is InChI=1S/C17H20O6/c18-15(13-7-3-1-4-8-13)16(19)14-11-20-22-17(23-21-12-14)9-5-2-6-10-17/h1,3-4,7-8,14H,2,5-6,9-12H2. The molecular weight excluding hydrogens is 300 g/mol. The van der Waals surface area contributed by atoms with Gasteiger partial charge < -0.3 is 0 Å². The lowest BCUT2D eigenvalue weighted by molar-refractivity contribution is -0.531. The van der Waals surface area contributed by atoms with Crippen LogP contribution in [0.2, 0.25) is 0 Å². The average molecular weight is 320 g/mol. The zero-order chi connectivity index (χ0) is 16.1. The van der Waals surface area contributed by atoms with Crippen molar-refractivity contribution in [2.75, 3.05) is 13.2 Å². The molecule has 1 heterocycles. The molecule has 1 saturated heterocycles. The Morgan fingerprint density at radius 1 is 0.913 bits per heavy atom. The van der Waals surface area contributed by atoms with Gasteiger partial charge in [-0.15, -0.1) is 0 Å². The minimum Gasteiger partial charge on any atom is -0.290 e. The Hall–Kier alpha value is -1.60. The first-order valence-electron chi connectivity index (χ1n) is 7.95. The smallest absolute Gasteiger partial charge is 0.233 e. The first kappa shape index (κ1) is 16.3. The van der Waals surface area contributed by atoms with Crippen LogP contribution in [-0.4, -0.2) is 30.6 Å². The summed E-state index contributed by atoms with van der Waals surface area (Å²) in [5.74, 6) is -2.75. The molecule has 1 saturated carbocycles. The SMILES string of the molecule is O=C(C(=O)C1COOC2(CCCCC2)OOC1)c1ccccc1. The lowest BCUT2D eigenvalue weighted by atomic mass is 9.94. The summed E-state index contributed by atoms with van der Waals surface area (Å²) in [7, 11) is 0. The molecule has 0 radical (unpaired) electrons. The number of carbonyl (C=O) groups excluding carboxylic acids is 2. The van der Waals surface area contributed by atoms with E-state index in [0.29, 0.717) is 18.4 Å². The van der Waals surface area contributed by atoms with Gasteiger partial charge in [0.1, 0.15) is 0 Å². The van der Waals surface area contributed by atoms with Crippen LogP contribution in [0.25, 0.3) is 0 Å². The maximum absolute atomic E-state index is 12.3. The molecule has 1 spiro atoms. The Kier molecular flexibility index (Phi) is 5.17. The molecule has 3 rings (SSSR count). The summed E-state index contributed by atoms with van der Waals surface area (Å²) in [5.41, 5.74) is 0.352. The van der Waals surface area contributed by atoms with Gasteiger partial charge in [0.15, 0.2) is 0 Å². The monoisotopic (exact) mass is 320 g/mol. The van der Waals surface area contributed by atoms with Crippen molar-refractivity contribution >= 4 is 11.6 Å². The largest absolute Gasteiger partial charge is 0.290 e. The van der Waals surface area contributed by atoms with E-state index < -0.39 is 23.3 Å². The van der Waals surface area contributed by atoms with Crippen molar-refractivity contribution in [1.82, 2.24) is 0 Å². The third kappa shape index (κ3) is 3.84. The van der Waals surface area contributed by atoms with E-state index >= 15 is 0 Å². The Bertz CT molecular complexity index is 537. The van der Waals surface area contributed by atoms with E-state index in [0.717, 1.165) is 19.3 Å². The predicted octanol–water partition coefficient (Wildman–Crippen LogP) is 2.63. The van der Waals surface area contributed by atoms with Crippen molar-refractivity contribution < 1.29 is 29.1 Å². The average Bonchev–Trinajstić information content (AvgIpc) is 2.59. The molecule has 2 aliphatic rings. The maximum Gasteiger partial charge on any atom is 0.233 e. The number of carbonyl (C=O) groups is 2. The number of hydrogen-bond acceptors (Lipinski definition) is 6. The summed E-state index contributed by atoms with van der Waals surface area (Å²) in [6.07, 6.45) is 4.45. The van der Waals surface area contributed by atoms with Crippen LogP contribution >= 0.6 is 0 Å². The zero-order valence-electron chi connectivity index (χ0n) is 12.9. The molecule has 124 valence electrons. The zero-order valence-corrected chi connectivity index (χ0v) is 12.9. The van der Waals surface area contributed by atoms with Crippen LogP contribution in [0, 0.1) is 5.92 Å². The van der Waals surface area contributed by atoms with Gasteiger partial charge in [0.25, 0.3) is 0 Å². The highest BCUT2D eigenvalue weighted by Crippen LogP contribution is 2.34. The molecule has 1 aromatic rings. The van der Waals surface area contributed by atoms with E-state index in [-0.39, 0.29) is 13.2 Å². The maximum atomic E-state index is 12.3. The Morgan fingerprint density at radius 2 is 1.52 bits per heavy atom. The van der Waals surface area contributed by atoms with Crippen molar-refractivity contribution in [3.05, 3.63) is 35.9 Å². The minimum atomic E-state index is -0.879.